The molecular formula is C23H27N3O6. The predicted octanol–water partition coefficient (Wildman–Crippen LogP) is 2.15. The molecule has 2 rings (SSSR count). The van der Waals surface area contributed by atoms with Gasteiger partial charge in [0.2, 0.25) is 0 Å². The van der Waals surface area contributed by atoms with E-state index in [0.29, 0.717) is 22.6 Å². The van der Waals surface area contributed by atoms with Crippen molar-refractivity contribution in [1.29, 1.82) is 0 Å². The second-order valence-electron chi connectivity index (χ2n) is 7.07. The summed E-state index contributed by atoms with van der Waals surface area (Å²) in [4.78, 5) is 36.2. The summed E-state index contributed by atoms with van der Waals surface area (Å²) in [5, 5.41) is 6.71. The molecule has 0 saturated heterocycles. The summed E-state index contributed by atoms with van der Waals surface area (Å²) in [6.45, 7) is 3.41. The summed E-state index contributed by atoms with van der Waals surface area (Å²) >= 11 is 0. The van der Waals surface area contributed by atoms with E-state index >= 15 is 0 Å². The van der Waals surface area contributed by atoms with Gasteiger partial charge in [0.1, 0.15) is 6.04 Å². The minimum atomic E-state index is -0.761. The third-order valence-corrected chi connectivity index (χ3v) is 4.42. The SMILES string of the molecule is COC(=O)COc1ccc(C=NNC(=O)C(NC(=O)c2ccccc2)C(C)C)cc1OC. The molecule has 32 heavy (non-hydrogen) atoms. The van der Waals surface area contributed by atoms with Gasteiger partial charge in [-0.05, 0) is 41.8 Å². The molecule has 0 heterocycles. The van der Waals surface area contributed by atoms with Crippen LogP contribution in [0.25, 0.3) is 0 Å². The number of ether oxygens (including phenoxy) is 3. The molecule has 0 saturated carbocycles. The lowest BCUT2D eigenvalue weighted by molar-refractivity contribution is -0.142. The molecule has 0 aliphatic heterocycles. The molecule has 0 bridgehead atoms. The second-order valence-corrected chi connectivity index (χ2v) is 7.07. The van der Waals surface area contributed by atoms with Crippen molar-refractivity contribution in [3.63, 3.8) is 0 Å². The first-order valence-corrected chi connectivity index (χ1v) is 9.92. The molecule has 1 atom stereocenters. The molecule has 0 radical (unpaired) electrons. The van der Waals surface area contributed by atoms with Crippen LogP contribution in [0, 0.1) is 5.92 Å². The predicted molar refractivity (Wildman–Crippen MR) is 119 cm³/mol. The number of carbonyl (C=O) groups excluding carboxylic acids is 3. The third-order valence-electron chi connectivity index (χ3n) is 4.42. The zero-order valence-electron chi connectivity index (χ0n) is 18.5. The normalized spacial score (nSPS) is 11.7. The number of benzene rings is 2. The lowest BCUT2D eigenvalue weighted by atomic mass is 10.0. The number of hydrogen-bond acceptors (Lipinski definition) is 7. The summed E-state index contributed by atoms with van der Waals surface area (Å²) in [5.74, 6) is -0.688. The van der Waals surface area contributed by atoms with Crippen LogP contribution >= 0.6 is 0 Å². The largest absolute Gasteiger partial charge is 0.493 e. The third kappa shape index (κ3) is 7.12. The summed E-state index contributed by atoms with van der Waals surface area (Å²) in [5.41, 5.74) is 3.55. The lowest BCUT2D eigenvalue weighted by Gasteiger charge is -2.20. The van der Waals surface area contributed by atoms with Crippen molar-refractivity contribution in [2.45, 2.75) is 19.9 Å². The Labute approximate surface area is 186 Å². The maximum Gasteiger partial charge on any atom is 0.343 e. The number of rotatable bonds is 10. The monoisotopic (exact) mass is 441 g/mol. The molecule has 2 aromatic carbocycles. The van der Waals surface area contributed by atoms with E-state index in [9.17, 15) is 14.4 Å². The van der Waals surface area contributed by atoms with Crippen molar-refractivity contribution < 1.29 is 28.6 Å². The van der Waals surface area contributed by atoms with Gasteiger partial charge in [-0.15, -0.1) is 0 Å². The topological polar surface area (TPSA) is 115 Å². The van der Waals surface area contributed by atoms with Gasteiger partial charge in [-0.25, -0.2) is 10.2 Å². The van der Waals surface area contributed by atoms with Gasteiger partial charge in [0.15, 0.2) is 18.1 Å². The molecule has 0 spiro atoms. The number of nitrogens with zero attached hydrogens (tertiary/aromatic N) is 1. The maximum atomic E-state index is 12.6. The number of methoxy groups -OCH3 is 2. The van der Waals surface area contributed by atoms with E-state index in [1.165, 1.54) is 20.4 Å². The van der Waals surface area contributed by atoms with E-state index in [1.807, 2.05) is 19.9 Å². The van der Waals surface area contributed by atoms with E-state index in [0.717, 1.165) is 0 Å². The van der Waals surface area contributed by atoms with E-state index in [-0.39, 0.29) is 18.4 Å². The van der Waals surface area contributed by atoms with Crippen LogP contribution in [0.3, 0.4) is 0 Å². The highest BCUT2D eigenvalue weighted by atomic mass is 16.6. The van der Waals surface area contributed by atoms with Gasteiger partial charge < -0.3 is 19.5 Å². The van der Waals surface area contributed by atoms with Gasteiger partial charge in [0.05, 0.1) is 20.4 Å². The summed E-state index contributed by atoms with van der Waals surface area (Å²) in [6.07, 6.45) is 1.43. The number of amides is 2. The highest BCUT2D eigenvalue weighted by Gasteiger charge is 2.24. The van der Waals surface area contributed by atoms with Crippen LogP contribution in [0.15, 0.2) is 53.6 Å². The summed E-state index contributed by atoms with van der Waals surface area (Å²) < 4.78 is 15.2. The number of hydrogen-bond donors (Lipinski definition) is 2. The van der Waals surface area contributed by atoms with Crippen molar-refractivity contribution in [2.24, 2.45) is 11.0 Å². The Morgan fingerprint density at radius 3 is 2.38 bits per heavy atom. The molecule has 0 aliphatic rings. The lowest BCUT2D eigenvalue weighted by Crippen LogP contribution is -2.48. The van der Waals surface area contributed by atoms with Crippen LogP contribution < -0.4 is 20.2 Å². The highest BCUT2D eigenvalue weighted by molar-refractivity contribution is 5.97. The Morgan fingerprint density at radius 1 is 1.03 bits per heavy atom. The van der Waals surface area contributed by atoms with Gasteiger partial charge >= 0.3 is 5.97 Å². The average Bonchev–Trinajstić information content (AvgIpc) is 2.81. The van der Waals surface area contributed by atoms with Crippen LogP contribution in [0.1, 0.15) is 29.8 Å². The van der Waals surface area contributed by atoms with Crippen LogP contribution in [-0.2, 0) is 14.3 Å². The zero-order chi connectivity index (χ0) is 23.5. The van der Waals surface area contributed by atoms with Crippen molar-refractivity contribution in [2.75, 3.05) is 20.8 Å². The Bertz CT molecular complexity index is 959. The Morgan fingerprint density at radius 2 is 1.75 bits per heavy atom. The first-order valence-electron chi connectivity index (χ1n) is 9.92. The van der Waals surface area contributed by atoms with Crippen molar-refractivity contribution in [1.82, 2.24) is 10.7 Å². The number of esters is 1. The molecule has 9 nitrogen and oxygen atoms in total. The number of nitrogens with one attached hydrogen (secondary N) is 2. The Hall–Kier alpha value is -3.88. The average molecular weight is 441 g/mol. The first-order chi connectivity index (χ1) is 15.3. The van der Waals surface area contributed by atoms with Gasteiger partial charge in [-0.2, -0.15) is 5.10 Å². The molecule has 2 N–H and O–H groups in total. The molecule has 2 aromatic rings. The number of carbonyl (C=O) groups is 3. The van der Waals surface area contributed by atoms with Crippen LogP contribution in [-0.4, -0.2) is 50.9 Å². The first kappa shape index (κ1) is 24.4. The molecule has 0 aliphatic carbocycles. The van der Waals surface area contributed by atoms with E-state index in [2.05, 4.69) is 20.6 Å². The van der Waals surface area contributed by atoms with Crippen LogP contribution in [0.5, 0.6) is 11.5 Å². The van der Waals surface area contributed by atoms with Gasteiger partial charge in [0, 0.05) is 5.56 Å². The zero-order valence-corrected chi connectivity index (χ0v) is 18.5. The van der Waals surface area contributed by atoms with Crippen molar-refractivity contribution in [3.8, 4) is 11.5 Å². The maximum absolute atomic E-state index is 12.6. The minimum absolute atomic E-state index is 0.149. The molecule has 0 aromatic heterocycles. The standard InChI is InChI=1S/C23H27N3O6/c1-15(2)21(25-22(28)17-8-6-5-7-9-17)23(29)26-24-13-16-10-11-18(19(12-16)30-3)32-14-20(27)31-4/h5-13,15,21H,14H2,1-4H3,(H,25,28)(H,26,29). The molecule has 2 amide bonds. The van der Waals surface area contributed by atoms with E-state index in [1.54, 1.807) is 42.5 Å². The van der Waals surface area contributed by atoms with Crippen LogP contribution in [0.4, 0.5) is 0 Å². The quantitative estimate of drug-likeness (QED) is 0.332. The number of hydrazone groups is 1. The van der Waals surface area contributed by atoms with Gasteiger partial charge in [0.25, 0.3) is 11.8 Å². The van der Waals surface area contributed by atoms with Gasteiger partial charge in [-0.1, -0.05) is 32.0 Å². The van der Waals surface area contributed by atoms with Gasteiger partial charge in [-0.3, -0.25) is 9.59 Å². The summed E-state index contributed by atoms with van der Waals surface area (Å²) in [6, 6.07) is 12.8. The molecule has 1 unspecified atom stereocenters. The Kier molecular flexibility index (Phi) is 9.22. The molecular weight excluding hydrogens is 414 g/mol. The fraction of sp³-hybridized carbons (Fsp3) is 0.304. The molecule has 0 fully saturated rings. The fourth-order valence-electron chi connectivity index (χ4n) is 2.67. The fourth-order valence-corrected chi connectivity index (χ4v) is 2.67. The van der Waals surface area contributed by atoms with Crippen molar-refractivity contribution in [3.05, 3.63) is 59.7 Å². The molecule has 170 valence electrons. The van der Waals surface area contributed by atoms with E-state index < -0.39 is 17.9 Å². The summed E-state index contributed by atoms with van der Waals surface area (Å²) in [7, 11) is 2.74. The molecule has 9 heteroatoms. The smallest absolute Gasteiger partial charge is 0.343 e. The van der Waals surface area contributed by atoms with Crippen LogP contribution in [0.2, 0.25) is 0 Å². The second kappa shape index (κ2) is 12.1. The Balaban J connectivity index is 2.00. The highest BCUT2D eigenvalue weighted by Crippen LogP contribution is 2.27. The van der Waals surface area contributed by atoms with E-state index in [4.69, 9.17) is 9.47 Å². The van der Waals surface area contributed by atoms with Crippen molar-refractivity contribution >= 4 is 24.0 Å². The minimum Gasteiger partial charge on any atom is -0.493 e.